The number of thiophene rings is 3. The van der Waals surface area contributed by atoms with Crippen LogP contribution in [0.15, 0.2) is 29.0 Å². The third kappa shape index (κ3) is 1.90. The highest BCUT2D eigenvalue weighted by atomic mass is 32.1. The lowest BCUT2D eigenvalue weighted by atomic mass is 10.2. The Morgan fingerprint density at radius 3 is 2.67 bits per heavy atom. The quantitative estimate of drug-likeness (QED) is 0.634. The van der Waals surface area contributed by atoms with Gasteiger partial charge in [0, 0.05) is 16.5 Å². The summed E-state index contributed by atoms with van der Waals surface area (Å²) in [6, 6.07) is 9.47. The van der Waals surface area contributed by atoms with Gasteiger partial charge in [-0.1, -0.05) is 6.07 Å². The number of methoxy groups -OCH3 is 1. The first-order valence-corrected chi connectivity index (χ1v) is 8.05. The Morgan fingerprint density at radius 1 is 1.17 bits per heavy atom. The van der Waals surface area contributed by atoms with Crippen LogP contribution in [0.4, 0.5) is 0 Å². The van der Waals surface area contributed by atoms with Crippen molar-refractivity contribution >= 4 is 34.0 Å². The Hall–Kier alpha value is -1.10. The van der Waals surface area contributed by atoms with Crippen LogP contribution >= 0.6 is 34.0 Å². The molecule has 0 fully saturated rings. The van der Waals surface area contributed by atoms with Crippen LogP contribution in [0, 0.1) is 13.0 Å². The van der Waals surface area contributed by atoms with E-state index in [0.29, 0.717) is 0 Å². The van der Waals surface area contributed by atoms with Crippen LogP contribution in [0.25, 0.3) is 19.5 Å². The molecule has 0 saturated carbocycles. The van der Waals surface area contributed by atoms with Crippen LogP contribution < -0.4 is 4.74 Å². The zero-order valence-electron chi connectivity index (χ0n) is 10.0. The fraction of sp³-hybridized carbons (Fsp3) is 0.143. The summed E-state index contributed by atoms with van der Waals surface area (Å²) < 4.78 is 5.58. The van der Waals surface area contributed by atoms with E-state index >= 15 is 0 Å². The van der Waals surface area contributed by atoms with E-state index in [0.717, 1.165) is 10.6 Å². The van der Waals surface area contributed by atoms with Crippen molar-refractivity contribution in [3.63, 3.8) is 0 Å². The smallest absolute Gasteiger partial charge is 0.141 e. The number of hydrogen-bond acceptors (Lipinski definition) is 4. The summed E-state index contributed by atoms with van der Waals surface area (Å²) in [5.74, 6) is 0.988. The fourth-order valence-electron chi connectivity index (χ4n) is 1.90. The van der Waals surface area contributed by atoms with E-state index in [1.54, 1.807) is 41.1 Å². The SMILES string of the molecule is COc1c(-c2[c]ccs2)sc(-c2cccs2)c1C. The highest BCUT2D eigenvalue weighted by Gasteiger charge is 2.19. The highest BCUT2D eigenvalue weighted by molar-refractivity contribution is 7.26. The molecule has 0 atom stereocenters. The normalized spacial score (nSPS) is 10.8. The van der Waals surface area contributed by atoms with Gasteiger partial charge in [-0.05, 0) is 29.8 Å². The van der Waals surface area contributed by atoms with Gasteiger partial charge >= 0.3 is 0 Å². The van der Waals surface area contributed by atoms with Crippen LogP contribution in [0.2, 0.25) is 0 Å². The maximum absolute atomic E-state index is 5.58. The van der Waals surface area contributed by atoms with E-state index in [4.69, 9.17) is 4.74 Å². The van der Waals surface area contributed by atoms with Gasteiger partial charge in [0.2, 0.25) is 0 Å². The molecule has 18 heavy (non-hydrogen) atoms. The predicted octanol–water partition coefficient (Wildman–Crippen LogP) is 5.32. The lowest BCUT2D eigenvalue weighted by Gasteiger charge is -2.01. The molecule has 0 aliphatic rings. The summed E-state index contributed by atoms with van der Waals surface area (Å²) in [6.45, 7) is 2.13. The molecule has 0 saturated heterocycles. The minimum Gasteiger partial charge on any atom is -0.495 e. The van der Waals surface area contributed by atoms with Gasteiger partial charge in [-0.15, -0.1) is 34.0 Å². The predicted molar refractivity (Wildman–Crippen MR) is 81.1 cm³/mol. The Balaban J connectivity index is 2.19. The van der Waals surface area contributed by atoms with E-state index in [9.17, 15) is 0 Å². The van der Waals surface area contributed by atoms with Crippen molar-refractivity contribution in [2.45, 2.75) is 6.92 Å². The zero-order valence-corrected chi connectivity index (χ0v) is 12.5. The largest absolute Gasteiger partial charge is 0.495 e. The molecule has 0 N–H and O–H groups in total. The van der Waals surface area contributed by atoms with Gasteiger partial charge in [-0.3, -0.25) is 0 Å². The molecule has 1 radical (unpaired) electrons. The van der Waals surface area contributed by atoms with Gasteiger partial charge in [-0.2, -0.15) is 0 Å². The first-order valence-electron chi connectivity index (χ1n) is 5.48. The van der Waals surface area contributed by atoms with Crippen LogP contribution in [-0.4, -0.2) is 7.11 Å². The third-order valence-electron chi connectivity index (χ3n) is 2.72. The zero-order chi connectivity index (χ0) is 12.5. The molecule has 1 nitrogen and oxygen atoms in total. The maximum Gasteiger partial charge on any atom is 0.141 e. The molecule has 3 aromatic heterocycles. The first-order chi connectivity index (χ1) is 8.81. The van der Waals surface area contributed by atoms with E-state index in [-0.39, 0.29) is 0 Å². The van der Waals surface area contributed by atoms with Crippen molar-refractivity contribution in [1.29, 1.82) is 0 Å². The lowest BCUT2D eigenvalue weighted by molar-refractivity contribution is 0.415. The van der Waals surface area contributed by atoms with Crippen molar-refractivity contribution in [3.05, 3.63) is 40.6 Å². The molecule has 0 unspecified atom stereocenters. The summed E-state index contributed by atoms with van der Waals surface area (Å²) in [4.78, 5) is 4.95. The Kier molecular flexibility index (Phi) is 3.24. The van der Waals surface area contributed by atoms with Crippen LogP contribution in [0.3, 0.4) is 0 Å². The van der Waals surface area contributed by atoms with Crippen molar-refractivity contribution in [2.24, 2.45) is 0 Å². The molecular formula is C14H11OS3. The first kappa shape index (κ1) is 12.0. The molecule has 3 rings (SSSR count). The Morgan fingerprint density at radius 2 is 2.06 bits per heavy atom. The summed E-state index contributed by atoms with van der Waals surface area (Å²) >= 11 is 5.26. The average molecular weight is 291 g/mol. The number of rotatable bonds is 3. The van der Waals surface area contributed by atoms with Crippen molar-refractivity contribution in [1.82, 2.24) is 0 Å². The minimum atomic E-state index is 0.988. The van der Waals surface area contributed by atoms with Crippen molar-refractivity contribution in [3.8, 4) is 25.3 Å². The molecule has 4 heteroatoms. The Labute approximate surface area is 118 Å². The molecule has 0 spiro atoms. The standard InChI is InChI=1S/C14H11OS3/c1-9-12(15-2)14(11-6-4-8-17-11)18-13(9)10-5-3-7-16-10/h3-5,7-8H,1-2H3. The molecule has 0 aliphatic heterocycles. The van der Waals surface area contributed by atoms with Gasteiger partial charge in [0.15, 0.2) is 0 Å². The van der Waals surface area contributed by atoms with Crippen LogP contribution in [0.5, 0.6) is 5.75 Å². The van der Waals surface area contributed by atoms with Gasteiger partial charge < -0.3 is 4.74 Å². The number of hydrogen-bond donors (Lipinski definition) is 0. The molecule has 91 valence electrons. The van der Waals surface area contributed by atoms with Crippen LogP contribution in [-0.2, 0) is 0 Å². The molecule has 0 amide bonds. The average Bonchev–Trinajstić information content (AvgIpc) is 3.09. The second-order valence-corrected chi connectivity index (χ2v) is 6.67. The van der Waals surface area contributed by atoms with Crippen molar-refractivity contribution in [2.75, 3.05) is 7.11 Å². The lowest BCUT2D eigenvalue weighted by Crippen LogP contribution is -1.84. The Bertz CT molecular complexity index is 633. The van der Waals surface area contributed by atoms with Gasteiger partial charge in [0.05, 0.1) is 21.7 Å². The summed E-state index contributed by atoms with van der Waals surface area (Å²) in [5, 5.41) is 4.16. The third-order valence-corrected chi connectivity index (χ3v) is 6.01. The van der Waals surface area contributed by atoms with Crippen LogP contribution in [0.1, 0.15) is 5.56 Å². The molecule has 0 aliphatic carbocycles. The van der Waals surface area contributed by atoms with E-state index in [1.807, 2.05) is 6.07 Å². The number of ether oxygens (including phenoxy) is 1. The minimum absolute atomic E-state index is 0.988. The summed E-state index contributed by atoms with van der Waals surface area (Å²) in [5.41, 5.74) is 1.22. The summed E-state index contributed by atoms with van der Waals surface area (Å²) in [7, 11) is 1.74. The molecule has 3 aromatic rings. The van der Waals surface area contributed by atoms with E-state index in [2.05, 4.69) is 35.9 Å². The summed E-state index contributed by atoms with van der Waals surface area (Å²) in [6.07, 6.45) is 0. The van der Waals surface area contributed by atoms with E-state index in [1.165, 1.54) is 20.2 Å². The molecule has 0 bridgehead atoms. The fourth-order valence-corrected chi connectivity index (χ4v) is 4.87. The van der Waals surface area contributed by atoms with Crippen molar-refractivity contribution < 1.29 is 4.74 Å². The molecular weight excluding hydrogens is 280 g/mol. The molecule has 3 heterocycles. The van der Waals surface area contributed by atoms with Gasteiger partial charge in [-0.25, -0.2) is 0 Å². The monoisotopic (exact) mass is 291 g/mol. The van der Waals surface area contributed by atoms with Gasteiger partial charge in [0.1, 0.15) is 5.75 Å². The second-order valence-electron chi connectivity index (χ2n) is 3.79. The van der Waals surface area contributed by atoms with Gasteiger partial charge in [0.25, 0.3) is 0 Å². The maximum atomic E-state index is 5.58. The molecule has 0 aromatic carbocycles. The van der Waals surface area contributed by atoms with E-state index < -0.39 is 0 Å². The topological polar surface area (TPSA) is 9.23 Å². The second kappa shape index (κ2) is 4.88. The highest BCUT2D eigenvalue weighted by Crippen LogP contribution is 2.48.